The number of H-pyrrole nitrogens is 2. The van der Waals surface area contributed by atoms with Crippen molar-refractivity contribution in [3.05, 3.63) is 11.6 Å². The molecule has 2 heterocycles. The standard InChI is InChI=1S/C15H22N8O2/c1-9-16-13(22-20-9)18-11(24)7-15(5-3-4-6-15)8-12(25)19-14-17-10(2)21-23-14/h3-8H2,1-2H3,(H2,16,18,20,22,24)(H2,17,19,21,23,25). The maximum atomic E-state index is 12.4. The summed E-state index contributed by atoms with van der Waals surface area (Å²) in [5.74, 6) is 1.43. The van der Waals surface area contributed by atoms with Crippen molar-refractivity contribution < 1.29 is 9.59 Å². The Hall–Kier alpha value is -2.78. The van der Waals surface area contributed by atoms with E-state index >= 15 is 0 Å². The average molecular weight is 346 g/mol. The Bertz CT molecular complexity index is 701. The molecule has 0 unspecified atom stereocenters. The monoisotopic (exact) mass is 346 g/mol. The van der Waals surface area contributed by atoms with Gasteiger partial charge in [0.05, 0.1) is 0 Å². The van der Waals surface area contributed by atoms with E-state index in [1.54, 1.807) is 13.8 Å². The Kier molecular flexibility index (Phi) is 4.77. The molecule has 0 saturated heterocycles. The van der Waals surface area contributed by atoms with Gasteiger partial charge in [0.15, 0.2) is 0 Å². The Morgan fingerprint density at radius 2 is 1.36 bits per heavy atom. The number of rotatable bonds is 6. The zero-order valence-electron chi connectivity index (χ0n) is 14.3. The highest BCUT2D eigenvalue weighted by molar-refractivity contribution is 5.92. The minimum absolute atomic E-state index is 0.178. The number of carbonyl (C=O) groups is 2. The van der Waals surface area contributed by atoms with Gasteiger partial charge in [-0.15, -0.1) is 10.2 Å². The summed E-state index contributed by atoms with van der Waals surface area (Å²) in [6.45, 7) is 3.52. The summed E-state index contributed by atoms with van der Waals surface area (Å²) in [6.07, 6.45) is 4.24. The SMILES string of the molecule is Cc1nc(NC(=O)CC2(CC(=O)Nc3n[nH]c(C)n3)CCCC2)n[nH]1. The van der Waals surface area contributed by atoms with E-state index in [1.807, 2.05) is 0 Å². The summed E-state index contributed by atoms with van der Waals surface area (Å²) in [5.41, 5.74) is -0.342. The molecule has 1 aliphatic carbocycles. The van der Waals surface area contributed by atoms with Gasteiger partial charge >= 0.3 is 0 Å². The Morgan fingerprint density at radius 3 is 1.72 bits per heavy atom. The average Bonchev–Trinajstić information content (AvgIpc) is 3.23. The van der Waals surface area contributed by atoms with Crippen LogP contribution in [0.4, 0.5) is 11.9 Å². The molecular weight excluding hydrogens is 324 g/mol. The molecule has 0 radical (unpaired) electrons. The number of nitrogens with one attached hydrogen (secondary N) is 4. The van der Waals surface area contributed by atoms with Gasteiger partial charge in [0, 0.05) is 12.8 Å². The van der Waals surface area contributed by atoms with Crippen LogP contribution in [0.25, 0.3) is 0 Å². The van der Waals surface area contributed by atoms with Crippen LogP contribution in [0.5, 0.6) is 0 Å². The minimum atomic E-state index is -0.342. The molecule has 3 rings (SSSR count). The molecular formula is C15H22N8O2. The highest BCUT2D eigenvalue weighted by Crippen LogP contribution is 2.44. The van der Waals surface area contributed by atoms with Gasteiger partial charge in [-0.3, -0.25) is 30.4 Å². The molecule has 1 saturated carbocycles. The summed E-state index contributed by atoms with van der Waals surface area (Å²) in [6, 6.07) is 0. The van der Waals surface area contributed by atoms with E-state index < -0.39 is 0 Å². The van der Waals surface area contributed by atoms with Crippen molar-refractivity contribution in [1.82, 2.24) is 30.4 Å². The van der Waals surface area contributed by atoms with E-state index in [-0.39, 0.29) is 42.0 Å². The number of hydrogen-bond donors (Lipinski definition) is 4. The van der Waals surface area contributed by atoms with E-state index in [0.717, 1.165) is 25.7 Å². The largest absolute Gasteiger partial charge is 0.293 e. The van der Waals surface area contributed by atoms with Crippen molar-refractivity contribution in [1.29, 1.82) is 0 Å². The second-order valence-corrected chi connectivity index (χ2v) is 6.65. The van der Waals surface area contributed by atoms with Crippen molar-refractivity contribution in [3.63, 3.8) is 0 Å². The first-order valence-corrected chi connectivity index (χ1v) is 8.32. The summed E-state index contributed by atoms with van der Waals surface area (Å²) in [7, 11) is 0. The van der Waals surface area contributed by atoms with Crippen molar-refractivity contribution >= 4 is 23.7 Å². The van der Waals surface area contributed by atoms with Gasteiger partial charge < -0.3 is 0 Å². The normalized spacial score (nSPS) is 15.9. The Morgan fingerprint density at radius 1 is 0.920 bits per heavy atom. The van der Waals surface area contributed by atoms with Crippen molar-refractivity contribution in [2.75, 3.05) is 10.6 Å². The van der Waals surface area contributed by atoms with Gasteiger partial charge in [-0.2, -0.15) is 9.97 Å². The molecule has 0 bridgehead atoms. The van der Waals surface area contributed by atoms with E-state index in [4.69, 9.17) is 0 Å². The van der Waals surface area contributed by atoms with E-state index in [2.05, 4.69) is 41.0 Å². The summed E-state index contributed by atoms with van der Waals surface area (Å²) < 4.78 is 0. The first-order valence-electron chi connectivity index (χ1n) is 8.32. The first-order chi connectivity index (χ1) is 11.9. The number of aromatic nitrogens is 6. The molecule has 0 spiro atoms. The van der Waals surface area contributed by atoms with Crippen LogP contribution in [0.3, 0.4) is 0 Å². The van der Waals surface area contributed by atoms with Crippen LogP contribution in [-0.4, -0.2) is 42.2 Å². The third-order valence-corrected chi connectivity index (χ3v) is 4.43. The molecule has 25 heavy (non-hydrogen) atoms. The molecule has 0 aromatic carbocycles. The lowest BCUT2D eigenvalue weighted by Crippen LogP contribution is -2.30. The van der Waals surface area contributed by atoms with Crippen LogP contribution in [0.15, 0.2) is 0 Å². The number of aromatic amines is 2. The van der Waals surface area contributed by atoms with Crippen LogP contribution in [-0.2, 0) is 9.59 Å². The lowest BCUT2D eigenvalue weighted by Gasteiger charge is -2.27. The Balaban J connectivity index is 1.60. The van der Waals surface area contributed by atoms with E-state index in [1.165, 1.54) is 0 Å². The fourth-order valence-corrected chi connectivity index (χ4v) is 3.36. The minimum Gasteiger partial charge on any atom is -0.293 e. The maximum Gasteiger partial charge on any atom is 0.248 e. The molecule has 2 aromatic rings. The third kappa shape index (κ3) is 4.40. The fraction of sp³-hybridized carbons (Fsp3) is 0.600. The Labute approximate surface area is 144 Å². The van der Waals surface area contributed by atoms with E-state index in [9.17, 15) is 9.59 Å². The molecule has 10 heteroatoms. The number of amides is 2. The zero-order chi connectivity index (χ0) is 17.9. The van der Waals surface area contributed by atoms with Gasteiger partial charge in [-0.05, 0) is 32.1 Å². The predicted molar refractivity (Wildman–Crippen MR) is 89.6 cm³/mol. The molecule has 2 amide bonds. The summed E-state index contributed by atoms with van der Waals surface area (Å²) >= 11 is 0. The van der Waals surface area contributed by atoms with Gasteiger partial charge in [0.1, 0.15) is 11.6 Å². The van der Waals surface area contributed by atoms with Crippen LogP contribution in [0.1, 0.15) is 50.2 Å². The van der Waals surface area contributed by atoms with E-state index in [0.29, 0.717) is 11.6 Å². The van der Waals surface area contributed by atoms with Gasteiger partial charge in [0.25, 0.3) is 0 Å². The second-order valence-electron chi connectivity index (χ2n) is 6.65. The fourth-order valence-electron chi connectivity index (χ4n) is 3.36. The summed E-state index contributed by atoms with van der Waals surface area (Å²) in [5, 5.41) is 18.5. The quantitative estimate of drug-likeness (QED) is 0.624. The van der Waals surface area contributed by atoms with Crippen LogP contribution < -0.4 is 10.6 Å². The molecule has 4 N–H and O–H groups in total. The molecule has 1 aliphatic rings. The van der Waals surface area contributed by atoms with Gasteiger partial charge in [-0.25, -0.2) is 0 Å². The molecule has 1 fully saturated rings. The van der Waals surface area contributed by atoms with Crippen LogP contribution >= 0.6 is 0 Å². The summed E-state index contributed by atoms with van der Waals surface area (Å²) in [4.78, 5) is 32.9. The molecule has 10 nitrogen and oxygen atoms in total. The predicted octanol–water partition coefficient (Wildman–Crippen LogP) is 1.46. The van der Waals surface area contributed by atoms with Gasteiger partial charge in [-0.1, -0.05) is 12.8 Å². The van der Waals surface area contributed by atoms with Crippen LogP contribution in [0, 0.1) is 19.3 Å². The molecule has 134 valence electrons. The topological polar surface area (TPSA) is 141 Å². The smallest absolute Gasteiger partial charge is 0.248 e. The van der Waals surface area contributed by atoms with Crippen LogP contribution in [0.2, 0.25) is 0 Å². The van der Waals surface area contributed by atoms with Crippen molar-refractivity contribution in [3.8, 4) is 0 Å². The molecule has 0 aliphatic heterocycles. The first kappa shape index (κ1) is 17.1. The number of anilines is 2. The maximum absolute atomic E-state index is 12.4. The highest BCUT2D eigenvalue weighted by atomic mass is 16.2. The zero-order valence-corrected chi connectivity index (χ0v) is 14.3. The third-order valence-electron chi connectivity index (χ3n) is 4.43. The van der Waals surface area contributed by atoms with Crippen molar-refractivity contribution in [2.24, 2.45) is 5.41 Å². The lowest BCUT2D eigenvalue weighted by atomic mass is 9.79. The number of nitrogens with zero attached hydrogens (tertiary/aromatic N) is 4. The number of aryl methyl sites for hydroxylation is 2. The van der Waals surface area contributed by atoms with Gasteiger partial charge in [0.2, 0.25) is 23.7 Å². The number of carbonyl (C=O) groups excluding carboxylic acids is 2. The lowest BCUT2D eigenvalue weighted by molar-refractivity contribution is -0.121. The number of hydrogen-bond acceptors (Lipinski definition) is 6. The molecule has 2 aromatic heterocycles. The highest BCUT2D eigenvalue weighted by Gasteiger charge is 2.38. The second kappa shape index (κ2) is 6.99. The molecule has 0 atom stereocenters. The van der Waals surface area contributed by atoms with Crippen molar-refractivity contribution in [2.45, 2.75) is 52.4 Å².